The molecule has 0 bridgehead atoms. The van der Waals surface area contributed by atoms with E-state index < -0.39 is 0 Å². The van der Waals surface area contributed by atoms with Gasteiger partial charge in [-0.15, -0.1) is 24.0 Å². The zero-order chi connectivity index (χ0) is 15.2. The molecule has 0 unspecified atom stereocenters. The Hall–Kier alpha value is -0.0800. The lowest BCUT2D eigenvalue weighted by Crippen LogP contribution is -2.39. The van der Waals surface area contributed by atoms with Gasteiger partial charge in [-0.3, -0.25) is 4.99 Å². The number of rotatable bonds is 11. The highest BCUT2D eigenvalue weighted by Gasteiger charge is 1.98. The van der Waals surface area contributed by atoms with E-state index in [1.165, 1.54) is 0 Å². The summed E-state index contributed by atoms with van der Waals surface area (Å²) >= 11 is 0. The maximum Gasteiger partial charge on any atom is 0.191 e. The third kappa shape index (κ3) is 16.1. The molecule has 0 saturated carbocycles. The summed E-state index contributed by atoms with van der Waals surface area (Å²) in [5.41, 5.74) is 0. The van der Waals surface area contributed by atoms with Crippen LogP contribution in [0.25, 0.3) is 0 Å². The lowest BCUT2D eigenvalue weighted by atomic mass is 10.1. The highest BCUT2D eigenvalue weighted by atomic mass is 127. The molecule has 0 aromatic carbocycles. The summed E-state index contributed by atoms with van der Waals surface area (Å²) in [4.78, 5) is 6.80. The maximum absolute atomic E-state index is 5.58. The first-order valence-corrected chi connectivity index (χ1v) is 7.88. The Balaban J connectivity index is 0. The molecule has 0 aliphatic carbocycles. The molecule has 0 saturated heterocycles. The largest absolute Gasteiger partial charge is 0.380 e. The Labute approximate surface area is 148 Å². The molecule has 0 aliphatic heterocycles. The molecule has 0 aromatic rings. The van der Waals surface area contributed by atoms with Crippen molar-refractivity contribution in [2.45, 2.75) is 34.1 Å². The van der Waals surface area contributed by atoms with E-state index in [2.05, 4.69) is 55.3 Å². The van der Waals surface area contributed by atoms with Crippen molar-refractivity contribution < 1.29 is 4.74 Å². The van der Waals surface area contributed by atoms with Crippen LogP contribution < -0.4 is 10.6 Å². The molecule has 6 heteroatoms. The minimum Gasteiger partial charge on any atom is -0.380 e. The van der Waals surface area contributed by atoms with Gasteiger partial charge in [0.25, 0.3) is 0 Å². The summed E-state index contributed by atoms with van der Waals surface area (Å²) < 4.78 is 5.58. The quantitative estimate of drug-likeness (QED) is 0.236. The van der Waals surface area contributed by atoms with E-state index >= 15 is 0 Å². The summed E-state index contributed by atoms with van der Waals surface area (Å²) in [7, 11) is 2.11. The topological polar surface area (TPSA) is 48.9 Å². The average molecular weight is 414 g/mol. The summed E-state index contributed by atoms with van der Waals surface area (Å²) in [6.07, 6.45) is 1.12. The fourth-order valence-corrected chi connectivity index (χ4v) is 1.50. The lowest BCUT2D eigenvalue weighted by molar-refractivity contribution is 0.128. The van der Waals surface area contributed by atoms with Crippen LogP contribution in [0.2, 0.25) is 0 Å². The Morgan fingerprint density at radius 1 is 1.19 bits per heavy atom. The standard InChI is InChI=1S/C15H34N4O.HI/c1-6-16-15(17-9-11-19(5)7-2)18-10-13-20-12-8-14(3)4;/h14H,6-13H2,1-5H3,(H2,16,17,18);1H. The van der Waals surface area contributed by atoms with Gasteiger partial charge in [0.05, 0.1) is 13.2 Å². The molecule has 0 aromatic heterocycles. The second-order valence-electron chi connectivity index (χ2n) is 5.38. The van der Waals surface area contributed by atoms with Crippen molar-refractivity contribution in [1.29, 1.82) is 0 Å². The van der Waals surface area contributed by atoms with Gasteiger partial charge in [0.1, 0.15) is 0 Å². The first-order chi connectivity index (χ1) is 9.60. The van der Waals surface area contributed by atoms with Crippen LogP contribution in [0.4, 0.5) is 0 Å². The van der Waals surface area contributed by atoms with Gasteiger partial charge in [-0.2, -0.15) is 0 Å². The molecule has 2 N–H and O–H groups in total. The van der Waals surface area contributed by atoms with Gasteiger partial charge >= 0.3 is 0 Å². The van der Waals surface area contributed by atoms with Crippen LogP contribution in [0, 0.1) is 5.92 Å². The number of nitrogens with one attached hydrogen (secondary N) is 2. The predicted octanol–water partition coefficient (Wildman–Crippen LogP) is 2.17. The normalized spacial score (nSPS) is 11.7. The van der Waals surface area contributed by atoms with Gasteiger partial charge in [0.2, 0.25) is 0 Å². The van der Waals surface area contributed by atoms with E-state index in [4.69, 9.17) is 4.74 Å². The molecule has 0 rings (SSSR count). The number of hydrogen-bond acceptors (Lipinski definition) is 3. The summed E-state index contributed by atoms with van der Waals surface area (Å²) in [6, 6.07) is 0. The third-order valence-electron chi connectivity index (χ3n) is 3.01. The van der Waals surface area contributed by atoms with Crippen LogP contribution in [-0.4, -0.2) is 63.8 Å². The van der Waals surface area contributed by atoms with Gasteiger partial charge in [0, 0.05) is 26.2 Å². The molecule has 0 heterocycles. The van der Waals surface area contributed by atoms with Crippen molar-refractivity contribution >= 4 is 29.9 Å². The van der Waals surface area contributed by atoms with Crippen molar-refractivity contribution in [2.75, 3.05) is 53.0 Å². The molecule has 21 heavy (non-hydrogen) atoms. The van der Waals surface area contributed by atoms with Crippen LogP contribution in [0.1, 0.15) is 34.1 Å². The smallest absolute Gasteiger partial charge is 0.191 e. The number of guanidine groups is 1. The minimum atomic E-state index is 0. The van der Waals surface area contributed by atoms with Crippen LogP contribution in [0.3, 0.4) is 0 Å². The van der Waals surface area contributed by atoms with Crippen LogP contribution in [0.15, 0.2) is 4.99 Å². The van der Waals surface area contributed by atoms with E-state index in [-0.39, 0.29) is 24.0 Å². The van der Waals surface area contributed by atoms with Crippen molar-refractivity contribution in [3.63, 3.8) is 0 Å². The molecule has 128 valence electrons. The molecule has 0 amide bonds. The first kappa shape index (κ1) is 23.2. The van der Waals surface area contributed by atoms with E-state index in [1.54, 1.807) is 0 Å². The second kappa shape index (κ2) is 16.3. The lowest BCUT2D eigenvalue weighted by Gasteiger charge is -2.14. The number of ether oxygens (including phenoxy) is 1. The van der Waals surface area contributed by atoms with Gasteiger partial charge in [-0.1, -0.05) is 20.8 Å². The van der Waals surface area contributed by atoms with E-state index in [0.29, 0.717) is 5.92 Å². The Morgan fingerprint density at radius 2 is 1.90 bits per heavy atom. The zero-order valence-electron chi connectivity index (χ0n) is 14.4. The number of likely N-dealkylation sites (N-methyl/N-ethyl adjacent to an activating group) is 1. The monoisotopic (exact) mass is 414 g/mol. The fourth-order valence-electron chi connectivity index (χ4n) is 1.50. The summed E-state index contributed by atoms with van der Waals surface area (Å²) in [6.45, 7) is 14.8. The van der Waals surface area contributed by atoms with Crippen LogP contribution in [0.5, 0.6) is 0 Å². The SMILES string of the molecule is CCNC(=NCCN(C)CC)NCCOCCC(C)C.I. The van der Waals surface area contributed by atoms with Crippen molar-refractivity contribution in [2.24, 2.45) is 10.9 Å². The van der Waals surface area contributed by atoms with Gasteiger partial charge in [-0.25, -0.2) is 0 Å². The number of nitrogens with zero attached hydrogens (tertiary/aromatic N) is 2. The molecule has 0 spiro atoms. The van der Waals surface area contributed by atoms with Crippen molar-refractivity contribution in [3.8, 4) is 0 Å². The maximum atomic E-state index is 5.58. The number of aliphatic imine (C=N–C) groups is 1. The minimum absolute atomic E-state index is 0. The summed E-state index contributed by atoms with van der Waals surface area (Å²) in [5, 5.41) is 6.54. The zero-order valence-corrected chi connectivity index (χ0v) is 16.8. The van der Waals surface area contributed by atoms with Gasteiger partial charge in [-0.05, 0) is 32.9 Å². The molecule has 5 nitrogen and oxygen atoms in total. The molecule has 0 aliphatic rings. The third-order valence-corrected chi connectivity index (χ3v) is 3.01. The average Bonchev–Trinajstić information content (AvgIpc) is 2.41. The van der Waals surface area contributed by atoms with Crippen LogP contribution in [-0.2, 0) is 4.74 Å². The fraction of sp³-hybridized carbons (Fsp3) is 0.933. The predicted molar refractivity (Wildman–Crippen MR) is 103 cm³/mol. The van der Waals surface area contributed by atoms with E-state index in [9.17, 15) is 0 Å². The number of hydrogen-bond donors (Lipinski definition) is 2. The molecular weight excluding hydrogens is 379 g/mol. The van der Waals surface area contributed by atoms with Gasteiger partial charge < -0.3 is 20.3 Å². The molecule has 0 radical (unpaired) electrons. The summed E-state index contributed by atoms with van der Waals surface area (Å²) in [5.74, 6) is 1.59. The van der Waals surface area contributed by atoms with Crippen molar-refractivity contribution in [3.05, 3.63) is 0 Å². The second-order valence-corrected chi connectivity index (χ2v) is 5.38. The molecular formula is C15H35IN4O. The Kier molecular flexibility index (Phi) is 18.0. The molecule has 0 atom stereocenters. The first-order valence-electron chi connectivity index (χ1n) is 7.88. The van der Waals surface area contributed by atoms with Crippen LogP contribution >= 0.6 is 24.0 Å². The Morgan fingerprint density at radius 3 is 2.48 bits per heavy atom. The Bertz CT molecular complexity index is 250. The van der Waals surface area contributed by atoms with Crippen molar-refractivity contribution in [1.82, 2.24) is 15.5 Å². The number of halogens is 1. The molecule has 0 fully saturated rings. The van der Waals surface area contributed by atoms with E-state index in [0.717, 1.165) is 58.3 Å². The van der Waals surface area contributed by atoms with E-state index in [1.807, 2.05) is 0 Å². The highest BCUT2D eigenvalue weighted by Crippen LogP contribution is 1.98. The van der Waals surface area contributed by atoms with Gasteiger partial charge in [0.15, 0.2) is 5.96 Å². The highest BCUT2D eigenvalue weighted by molar-refractivity contribution is 14.0.